The van der Waals surface area contributed by atoms with Gasteiger partial charge in [-0.05, 0) is 37.2 Å². The van der Waals surface area contributed by atoms with Crippen LogP contribution in [0.25, 0.3) is 11.3 Å². The van der Waals surface area contributed by atoms with Crippen molar-refractivity contribution in [2.45, 2.75) is 20.4 Å². The number of benzene rings is 1. The highest BCUT2D eigenvalue weighted by Gasteiger charge is 2.08. The molecule has 2 nitrogen and oxygen atoms in total. The Morgan fingerprint density at radius 2 is 2.06 bits per heavy atom. The number of hydrogen-bond donors (Lipinski definition) is 1. The smallest absolute Gasteiger partial charge is 0.134 e. The minimum absolute atomic E-state index is 0.760. The maximum absolute atomic E-state index is 6.10. The SMILES string of the molecule is CCNCc1ccc(-c2cccc(Cl)c2C)o1. The van der Waals surface area contributed by atoms with Gasteiger partial charge >= 0.3 is 0 Å². The third-order valence-corrected chi connectivity index (χ3v) is 3.15. The summed E-state index contributed by atoms with van der Waals surface area (Å²) in [5.74, 6) is 1.82. The molecule has 1 N–H and O–H groups in total. The molecule has 0 spiro atoms. The third kappa shape index (κ3) is 2.71. The van der Waals surface area contributed by atoms with Crippen LogP contribution in [0.1, 0.15) is 18.2 Å². The van der Waals surface area contributed by atoms with Crippen molar-refractivity contribution in [3.8, 4) is 11.3 Å². The van der Waals surface area contributed by atoms with Gasteiger partial charge in [0.2, 0.25) is 0 Å². The molecule has 0 saturated carbocycles. The van der Waals surface area contributed by atoms with Crippen molar-refractivity contribution in [2.24, 2.45) is 0 Å². The van der Waals surface area contributed by atoms with E-state index >= 15 is 0 Å². The number of rotatable bonds is 4. The van der Waals surface area contributed by atoms with Crippen LogP contribution < -0.4 is 5.32 Å². The second-order valence-electron chi connectivity index (χ2n) is 3.96. The first-order valence-electron chi connectivity index (χ1n) is 5.77. The second kappa shape index (κ2) is 5.39. The monoisotopic (exact) mass is 249 g/mol. The first-order valence-corrected chi connectivity index (χ1v) is 6.15. The van der Waals surface area contributed by atoms with Crippen LogP contribution >= 0.6 is 11.6 Å². The molecule has 1 heterocycles. The Balaban J connectivity index is 2.27. The topological polar surface area (TPSA) is 25.2 Å². The Bertz CT molecular complexity index is 505. The second-order valence-corrected chi connectivity index (χ2v) is 4.37. The molecular formula is C14H16ClNO. The van der Waals surface area contributed by atoms with Gasteiger partial charge in [-0.1, -0.05) is 30.7 Å². The van der Waals surface area contributed by atoms with Gasteiger partial charge in [-0.15, -0.1) is 0 Å². The van der Waals surface area contributed by atoms with Crippen LogP contribution in [0, 0.1) is 6.92 Å². The summed E-state index contributed by atoms with van der Waals surface area (Å²) < 4.78 is 5.79. The highest BCUT2D eigenvalue weighted by Crippen LogP contribution is 2.29. The summed E-state index contributed by atoms with van der Waals surface area (Å²) in [5.41, 5.74) is 2.11. The normalized spacial score (nSPS) is 10.8. The molecule has 0 bridgehead atoms. The lowest BCUT2D eigenvalue weighted by Gasteiger charge is -2.04. The predicted molar refractivity (Wildman–Crippen MR) is 71.3 cm³/mol. The molecular weight excluding hydrogens is 234 g/mol. The molecule has 1 aromatic carbocycles. The van der Waals surface area contributed by atoms with Crippen molar-refractivity contribution in [2.75, 3.05) is 6.54 Å². The van der Waals surface area contributed by atoms with Gasteiger partial charge in [0.1, 0.15) is 11.5 Å². The molecule has 0 aliphatic carbocycles. The van der Waals surface area contributed by atoms with Crippen molar-refractivity contribution in [3.63, 3.8) is 0 Å². The van der Waals surface area contributed by atoms with Crippen molar-refractivity contribution < 1.29 is 4.42 Å². The van der Waals surface area contributed by atoms with E-state index in [-0.39, 0.29) is 0 Å². The molecule has 90 valence electrons. The van der Waals surface area contributed by atoms with E-state index in [2.05, 4.69) is 12.2 Å². The van der Waals surface area contributed by atoms with E-state index in [0.717, 1.165) is 40.8 Å². The maximum Gasteiger partial charge on any atom is 0.134 e. The minimum Gasteiger partial charge on any atom is -0.460 e. The van der Waals surface area contributed by atoms with Crippen LogP contribution in [0.2, 0.25) is 5.02 Å². The van der Waals surface area contributed by atoms with Crippen molar-refractivity contribution >= 4 is 11.6 Å². The number of hydrogen-bond acceptors (Lipinski definition) is 2. The van der Waals surface area contributed by atoms with Gasteiger partial charge in [0.05, 0.1) is 6.54 Å². The van der Waals surface area contributed by atoms with Crippen LogP contribution in [-0.2, 0) is 6.54 Å². The predicted octanol–water partition coefficient (Wildman–Crippen LogP) is 4.02. The van der Waals surface area contributed by atoms with Crippen molar-refractivity contribution in [3.05, 3.63) is 46.7 Å². The van der Waals surface area contributed by atoms with Gasteiger partial charge in [-0.25, -0.2) is 0 Å². The highest BCUT2D eigenvalue weighted by atomic mass is 35.5. The fourth-order valence-electron chi connectivity index (χ4n) is 1.74. The van der Waals surface area contributed by atoms with E-state index in [1.165, 1.54) is 0 Å². The Morgan fingerprint density at radius 3 is 2.82 bits per heavy atom. The fraction of sp³-hybridized carbons (Fsp3) is 0.286. The average Bonchev–Trinajstić information content (AvgIpc) is 2.78. The minimum atomic E-state index is 0.760. The van der Waals surface area contributed by atoms with Crippen LogP contribution in [0.5, 0.6) is 0 Å². The van der Waals surface area contributed by atoms with Gasteiger partial charge in [0.15, 0.2) is 0 Å². The molecule has 1 aromatic heterocycles. The van der Waals surface area contributed by atoms with Crippen LogP contribution in [0.15, 0.2) is 34.7 Å². The van der Waals surface area contributed by atoms with E-state index in [1.807, 2.05) is 37.3 Å². The maximum atomic E-state index is 6.10. The lowest BCUT2D eigenvalue weighted by molar-refractivity contribution is 0.498. The molecule has 0 fully saturated rings. The first-order chi connectivity index (χ1) is 8.22. The summed E-state index contributed by atoms with van der Waals surface area (Å²) in [6.45, 7) is 5.78. The van der Waals surface area contributed by atoms with Crippen LogP contribution in [0.3, 0.4) is 0 Å². The number of halogens is 1. The van der Waals surface area contributed by atoms with E-state index in [0.29, 0.717) is 0 Å². The van der Waals surface area contributed by atoms with Gasteiger partial charge in [-0.2, -0.15) is 0 Å². The Kier molecular flexibility index (Phi) is 3.87. The zero-order valence-electron chi connectivity index (χ0n) is 10.1. The molecule has 0 radical (unpaired) electrons. The molecule has 0 aliphatic heterocycles. The van der Waals surface area contributed by atoms with E-state index < -0.39 is 0 Å². The molecule has 0 amide bonds. The number of furan rings is 1. The largest absolute Gasteiger partial charge is 0.460 e. The van der Waals surface area contributed by atoms with Crippen LogP contribution in [-0.4, -0.2) is 6.54 Å². The average molecular weight is 250 g/mol. The summed E-state index contributed by atoms with van der Waals surface area (Å²) in [5, 5.41) is 4.01. The standard InChI is InChI=1S/C14H16ClNO/c1-3-16-9-11-7-8-14(17-11)12-5-4-6-13(15)10(12)2/h4-8,16H,3,9H2,1-2H3. The summed E-state index contributed by atoms with van der Waals surface area (Å²) in [6.07, 6.45) is 0. The van der Waals surface area contributed by atoms with Crippen molar-refractivity contribution in [1.82, 2.24) is 5.32 Å². The quantitative estimate of drug-likeness (QED) is 0.886. The zero-order chi connectivity index (χ0) is 12.3. The fourth-order valence-corrected chi connectivity index (χ4v) is 1.91. The van der Waals surface area contributed by atoms with Crippen LogP contribution in [0.4, 0.5) is 0 Å². The van der Waals surface area contributed by atoms with Gasteiger partial charge in [-0.3, -0.25) is 0 Å². The lowest BCUT2D eigenvalue weighted by atomic mass is 10.1. The van der Waals surface area contributed by atoms with Gasteiger partial charge < -0.3 is 9.73 Å². The van der Waals surface area contributed by atoms with Crippen molar-refractivity contribution in [1.29, 1.82) is 0 Å². The molecule has 17 heavy (non-hydrogen) atoms. The van der Waals surface area contributed by atoms with E-state index in [1.54, 1.807) is 0 Å². The summed E-state index contributed by atoms with van der Waals surface area (Å²) >= 11 is 6.10. The molecule has 0 atom stereocenters. The highest BCUT2D eigenvalue weighted by molar-refractivity contribution is 6.31. The Morgan fingerprint density at radius 1 is 1.24 bits per heavy atom. The number of nitrogens with one attached hydrogen (secondary N) is 1. The molecule has 0 aliphatic rings. The van der Waals surface area contributed by atoms with E-state index in [4.69, 9.17) is 16.0 Å². The molecule has 3 heteroatoms. The molecule has 0 saturated heterocycles. The molecule has 2 aromatic rings. The van der Waals surface area contributed by atoms with Gasteiger partial charge in [0.25, 0.3) is 0 Å². The molecule has 2 rings (SSSR count). The zero-order valence-corrected chi connectivity index (χ0v) is 10.8. The lowest BCUT2D eigenvalue weighted by Crippen LogP contribution is -2.10. The van der Waals surface area contributed by atoms with E-state index in [9.17, 15) is 0 Å². The van der Waals surface area contributed by atoms with Gasteiger partial charge in [0, 0.05) is 10.6 Å². The summed E-state index contributed by atoms with van der Waals surface area (Å²) in [6, 6.07) is 9.85. The molecule has 0 unspecified atom stereocenters. The Hall–Kier alpha value is -1.25. The Labute approximate surface area is 107 Å². The summed E-state index contributed by atoms with van der Waals surface area (Å²) in [7, 11) is 0. The third-order valence-electron chi connectivity index (χ3n) is 2.74. The summed E-state index contributed by atoms with van der Waals surface area (Å²) in [4.78, 5) is 0. The first kappa shape index (κ1) is 12.2.